The van der Waals surface area contributed by atoms with Gasteiger partial charge >= 0.3 is 0 Å². The number of Topliss-reactive ketones (excluding diaryl/α,β-unsaturated/α-hetero) is 2. The number of amides is 2. The van der Waals surface area contributed by atoms with Crippen molar-refractivity contribution in [1.82, 2.24) is 4.90 Å². The fraction of sp³-hybridized carbons (Fsp3) is 0.545. The van der Waals surface area contributed by atoms with E-state index in [2.05, 4.69) is 11.8 Å². The molecule has 1 fully saturated rings. The zero-order chi connectivity index (χ0) is 20.4. The number of benzene rings is 1. The number of rotatable bonds is 9. The molecule has 6 heteroatoms. The SMILES string of the molecule is CCCC(=O)CCC(C(C)=O)N1C(=O)c2ccc(N3CC(CC)C3)cc2C1=O. The van der Waals surface area contributed by atoms with Crippen LogP contribution < -0.4 is 4.90 Å². The predicted molar refractivity (Wildman–Crippen MR) is 107 cm³/mol. The first-order valence-electron chi connectivity index (χ1n) is 10.2. The second kappa shape index (κ2) is 8.25. The maximum Gasteiger partial charge on any atom is 0.262 e. The molecule has 0 radical (unpaired) electrons. The lowest BCUT2D eigenvalue weighted by Crippen LogP contribution is -2.46. The van der Waals surface area contributed by atoms with Gasteiger partial charge in [-0.15, -0.1) is 0 Å². The standard InChI is InChI=1S/C22H28N2O4/c1-4-6-17(26)8-10-20(14(3)25)24-21(27)18-9-7-16(11-19(18)22(24)28)23-12-15(5-2)13-23/h7,9,11,15,20H,4-6,8,10,12-13H2,1-3H3. The quantitative estimate of drug-likeness (QED) is 0.611. The number of hydrogen-bond donors (Lipinski definition) is 0. The van der Waals surface area contributed by atoms with Crippen LogP contribution in [0.5, 0.6) is 0 Å². The number of nitrogens with zero attached hydrogens (tertiary/aromatic N) is 2. The summed E-state index contributed by atoms with van der Waals surface area (Å²) >= 11 is 0. The van der Waals surface area contributed by atoms with Gasteiger partial charge in [-0.05, 0) is 50.3 Å². The van der Waals surface area contributed by atoms with Crippen LogP contribution in [0, 0.1) is 5.92 Å². The van der Waals surface area contributed by atoms with Crippen molar-refractivity contribution in [2.45, 2.75) is 58.9 Å². The predicted octanol–water partition coefficient (Wildman–Crippen LogP) is 3.24. The lowest BCUT2D eigenvalue weighted by Gasteiger charge is -2.40. The van der Waals surface area contributed by atoms with E-state index in [1.807, 2.05) is 13.0 Å². The summed E-state index contributed by atoms with van der Waals surface area (Å²) in [6.45, 7) is 7.36. The molecule has 1 saturated heterocycles. The molecule has 2 aliphatic rings. The second-order valence-electron chi connectivity index (χ2n) is 7.84. The normalized spacial score (nSPS) is 17.5. The van der Waals surface area contributed by atoms with Gasteiger partial charge in [0.2, 0.25) is 0 Å². The van der Waals surface area contributed by atoms with Crippen molar-refractivity contribution in [1.29, 1.82) is 0 Å². The molecule has 0 aliphatic carbocycles. The summed E-state index contributed by atoms with van der Waals surface area (Å²) in [4.78, 5) is 53.1. The maximum absolute atomic E-state index is 13.0. The Hall–Kier alpha value is -2.50. The van der Waals surface area contributed by atoms with Crippen LogP contribution in [0.2, 0.25) is 0 Å². The summed E-state index contributed by atoms with van der Waals surface area (Å²) in [6.07, 6.45) is 2.71. The Labute approximate surface area is 165 Å². The van der Waals surface area contributed by atoms with E-state index >= 15 is 0 Å². The van der Waals surface area contributed by atoms with Gasteiger partial charge in [0.05, 0.1) is 17.2 Å². The van der Waals surface area contributed by atoms with Crippen LogP contribution in [0.25, 0.3) is 0 Å². The van der Waals surface area contributed by atoms with Crippen LogP contribution in [0.3, 0.4) is 0 Å². The molecule has 28 heavy (non-hydrogen) atoms. The van der Waals surface area contributed by atoms with Crippen LogP contribution >= 0.6 is 0 Å². The minimum Gasteiger partial charge on any atom is -0.371 e. The number of ketones is 2. The molecule has 2 heterocycles. The number of anilines is 1. The largest absolute Gasteiger partial charge is 0.371 e. The molecule has 0 saturated carbocycles. The third-order valence-corrected chi connectivity index (χ3v) is 5.81. The highest BCUT2D eigenvalue weighted by molar-refractivity contribution is 6.23. The number of fused-ring (bicyclic) bond motifs is 1. The molecule has 3 rings (SSSR count). The second-order valence-corrected chi connectivity index (χ2v) is 7.84. The minimum absolute atomic E-state index is 0.0518. The van der Waals surface area contributed by atoms with Crippen LogP contribution in [-0.4, -0.2) is 47.4 Å². The number of carbonyl (C=O) groups excluding carboxylic acids is 4. The third-order valence-electron chi connectivity index (χ3n) is 5.81. The zero-order valence-electron chi connectivity index (χ0n) is 16.9. The van der Waals surface area contributed by atoms with Gasteiger partial charge in [-0.1, -0.05) is 13.8 Å². The lowest BCUT2D eigenvalue weighted by atomic mass is 9.96. The molecule has 2 amide bonds. The lowest BCUT2D eigenvalue weighted by molar-refractivity contribution is -0.122. The van der Waals surface area contributed by atoms with E-state index in [0.717, 1.165) is 36.5 Å². The molecule has 2 aliphatic heterocycles. The van der Waals surface area contributed by atoms with Gasteiger partial charge in [-0.25, -0.2) is 0 Å². The van der Waals surface area contributed by atoms with Crippen molar-refractivity contribution in [3.63, 3.8) is 0 Å². The Morgan fingerprint density at radius 3 is 2.36 bits per heavy atom. The average molecular weight is 384 g/mol. The molecule has 1 aromatic carbocycles. The molecule has 0 aromatic heterocycles. The van der Waals surface area contributed by atoms with E-state index in [-0.39, 0.29) is 24.4 Å². The van der Waals surface area contributed by atoms with Gasteiger partial charge in [0.15, 0.2) is 5.78 Å². The van der Waals surface area contributed by atoms with Gasteiger partial charge in [0.25, 0.3) is 11.8 Å². The number of imide groups is 1. The molecular formula is C22H28N2O4. The molecule has 1 atom stereocenters. The molecule has 1 unspecified atom stereocenters. The molecule has 1 aromatic rings. The topological polar surface area (TPSA) is 74.8 Å². The van der Waals surface area contributed by atoms with Gasteiger partial charge in [0.1, 0.15) is 5.78 Å². The van der Waals surface area contributed by atoms with E-state index in [0.29, 0.717) is 23.5 Å². The van der Waals surface area contributed by atoms with Crippen molar-refractivity contribution >= 4 is 29.1 Å². The van der Waals surface area contributed by atoms with Crippen molar-refractivity contribution < 1.29 is 19.2 Å². The van der Waals surface area contributed by atoms with Crippen LogP contribution in [0.15, 0.2) is 18.2 Å². The van der Waals surface area contributed by atoms with Gasteiger partial charge in [0, 0.05) is 31.6 Å². The van der Waals surface area contributed by atoms with E-state index < -0.39 is 17.9 Å². The van der Waals surface area contributed by atoms with Gasteiger partial charge < -0.3 is 4.90 Å². The van der Waals surface area contributed by atoms with Gasteiger partial charge in [-0.2, -0.15) is 0 Å². The molecule has 0 spiro atoms. The first-order valence-corrected chi connectivity index (χ1v) is 10.2. The Morgan fingerprint density at radius 1 is 1.07 bits per heavy atom. The number of carbonyl (C=O) groups is 4. The number of hydrogen-bond acceptors (Lipinski definition) is 5. The van der Waals surface area contributed by atoms with E-state index in [9.17, 15) is 19.2 Å². The van der Waals surface area contributed by atoms with Crippen LogP contribution in [-0.2, 0) is 9.59 Å². The summed E-state index contributed by atoms with van der Waals surface area (Å²) in [5.41, 5.74) is 1.63. The first-order chi connectivity index (χ1) is 13.4. The summed E-state index contributed by atoms with van der Waals surface area (Å²) < 4.78 is 0. The van der Waals surface area contributed by atoms with Crippen LogP contribution in [0.1, 0.15) is 73.6 Å². The summed E-state index contributed by atoms with van der Waals surface area (Å²) in [7, 11) is 0. The Morgan fingerprint density at radius 2 is 1.75 bits per heavy atom. The average Bonchev–Trinajstić information content (AvgIpc) is 2.86. The fourth-order valence-electron chi connectivity index (χ4n) is 3.98. The highest BCUT2D eigenvalue weighted by Crippen LogP contribution is 2.33. The molecule has 0 bridgehead atoms. The highest BCUT2D eigenvalue weighted by Gasteiger charge is 2.42. The molecule has 0 N–H and O–H groups in total. The molecule has 6 nitrogen and oxygen atoms in total. The van der Waals surface area contributed by atoms with E-state index in [1.54, 1.807) is 12.1 Å². The summed E-state index contributed by atoms with van der Waals surface area (Å²) in [5, 5.41) is 0. The van der Waals surface area contributed by atoms with E-state index in [1.165, 1.54) is 6.92 Å². The van der Waals surface area contributed by atoms with Gasteiger partial charge in [-0.3, -0.25) is 24.1 Å². The fourth-order valence-corrected chi connectivity index (χ4v) is 3.98. The molecular weight excluding hydrogens is 356 g/mol. The van der Waals surface area contributed by atoms with Crippen molar-refractivity contribution in [2.24, 2.45) is 5.92 Å². The maximum atomic E-state index is 13.0. The van der Waals surface area contributed by atoms with E-state index in [4.69, 9.17) is 0 Å². The van der Waals surface area contributed by atoms with Crippen molar-refractivity contribution in [3.05, 3.63) is 29.3 Å². The highest BCUT2D eigenvalue weighted by atomic mass is 16.2. The van der Waals surface area contributed by atoms with Crippen LogP contribution in [0.4, 0.5) is 5.69 Å². The summed E-state index contributed by atoms with van der Waals surface area (Å²) in [5.74, 6) is -0.421. The Kier molecular flexibility index (Phi) is 5.96. The first kappa shape index (κ1) is 20.2. The minimum atomic E-state index is -0.884. The monoisotopic (exact) mass is 384 g/mol. The van der Waals surface area contributed by atoms with Crippen molar-refractivity contribution in [2.75, 3.05) is 18.0 Å². The van der Waals surface area contributed by atoms with Crippen molar-refractivity contribution in [3.8, 4) is 0 Å². The smallest absolute Gasteiger partial charge is 0.262 e. The Balaban J connectivity index is 1.78. The third kappa shape index (κ3) is 3.73. The Bertz CT molecular complexity index is 811. The molecule has 150 valence electrons. The summed E-state index contributed by atoms with van der Waals surface area (Å²) in [6, 6.07) is 4.43. The zero-order valence-corrected chi connectivity index (χ0v) is 16.9.